The molecular formula is C16H20Br2N2O4S. The summed E-state index contributed by atoms with van der Waals surface area (Å²) >= 11 is 8.03. The van der Waals surface area contributed by atoms with Crippen molar-refractivity contribution in [1.82, 2.24) is 9.80 Å². The first kappa shape index (κ1) is 20.4. The van der Waals surface area contributed by atoms with Crippen LogP contribution in [-0.4, -0.2) is 60.9 Å². The Kier molecular flexibility index (Phi) is 7.45. The minimum atomic E-state index is -0.275. The van der Waals surface area contributed by atoms with Crippen LogP contribution < -0.4 is 0 Å². The van der Waals surface area contributed by atoms with Gasteiger partial charge in [-0.25, -0.2) is 0 Å². The van der Waals surface area contributed by atoms with Crippen molar-refractivity contribution in [3.8, 4) is 0 Å². The summed E-state index contributed by atoms with van der Waals surface area (Å²) in [6, 6.07) is 1.73. The first-order valence-electron chi connectivity index (χ1n) is 7.98. The van der Waals surface area contributed by atoms with Crippen LogP contribution in [0.1, 0.15) is 29.4 Å². The highest BCUT2D eigenvalue weighted by Crippen LogP contribution is 2.32. The molecule has 2 rings (SSSR count). The minimum absolute atomic E-state index is 0.0124. The number of halogens is 2. The first-order chi connectivity index (χ1) is 11.8. The van der Waals surface area contributed by atoms with Crippen molar-refractivity contribution in [1.29, 1.82) is 0 Å². The van der Waals surface area contributed by atoms with Crippen LogP contribution in [0.25, 0.3) is 0 Å². The number of carbonyl (C=O) groups excluding carboxylic acids is 3. The van der Waals surface area contributed by atoms with Crippen molar-refractivity contribution in [2.75, 3.05) is 33.3 Å². The van der Waals surface area contributed by atoms with Crippen LogP contribution >= 0.6 is 43.2 Å². The lowest BCUT2D eigenvalue weighted by Gasteiger charge is -2.32. The molecule has 2 amide bonds. The summed E-state index contributed by atoms with van der Waals surface area (Å²) in [4.78, 5) is 40.4. The normalized spacial score (nSPS) is 17.3. The fourth-order valence-electron chi connectivity index (χ4n) is 2.67. The van der Waals surface area contributed by atoms with Crippen LogP contribution in [0, 0.1) is 5.92 Å². The van der Waals surface area contributed by atoms with Crippen LogP contribution in [0.2, 0.25) is 0 Å². The third-order valence-electron chi connectivity index (χ3n) is 3.97. The summed E-state index contributed by atoms with van der Waals surface area (Å²) in [5, 5.41) is 0. The van der Waals surface area contributed by atoms with Gasteiger partial charge in [-0.3, -0.25) is 14.4 Å². The molecule has 1 saturated heterocycles. The third-order valence-corrected chi connectivity index (χ3v) is 7.21. The van der Waals surface area contributed by atoms with E-state index < -0.39 is 0 Å². The maximum atomic E-state index is 12.5. The van der Waals surface area contributed by atoms with Gasteiger partial charge in [0, 0.05) is 24.6 Å². The van der Waals surface area contributed by atoms with Gasteiger partial charge in [-0.15, -0.1) is 11.3 Å². The minimum Gasteiger partial charge on any atom is -0.466 e. The van der Waals surface area contributed by atoms with Gasteiger partial charge in [-0.1, -0.05) is 0 Å². The largest absolute Gasteiger partial charge is 0.466 e. The van der Waals surface area contributed by atoms with E-state index in [0.29, 0.717) is 24.6 Å². The van der Waals surface area contributed by atoms with Gasteiger partial charge in [0.25, 0.3) is 5.91 Å². The Balaban J connectivity index is 1.93. The molecule has 2 heterocycles. The summed E-state index contributed by atoms with van der Waals surface area (Å²) in [5.74, 6) is -0.885. The molecule has 0 bridgehead atoms. The Hall–Kier alpha value is -0.930. The molecule has 0 N–H and O–H groups in total. The molecule has 9 heteroatoms. The third kappa shape index (κ3) is 5.27. The van der Waals surface area contributed by atoms with Gasteiger partial charge < -0.3 is 14.5 Å². The quantitative estimate of drug-likeness (QED) is 0.588. The van der Waals surface area contributed by atoms with E-state index in [0.717, 1.165) is 21.1 Å². The summed E-state index contributed by atoms with van der Waals surface area (Å²) in [7, 11) is 1.61. The lowest BCUT2D eigenvalue weighted by molar-refractivity contribution is -0.151. The molecule has 138 valence electrons. The number of thiophene rings is 1. The van der Waals surface area contributed by atoms with E-state index in [1.165, 1.54) is 16.2 Å². The molecule has 25 heavy (non-hydrogen) atoms. The Morgan fingerprint density at radius 3 is 2.72 bits per heavy atom. The van der Waals surface area contributed by atoms with Gasteiger partial charge >= 0.3 is 5.97 Å². The van der Waals surface area contributed by atoms with Crippen LogP contribution in [0.3, 0.4) is 0 Å². The van der Waals surface area contributed by atoms with Gasteiger partial charge in [-0.05, 0) is 57.7 Å². The number of amides is 2. The van der Waals surface area contributed by atoms with Crippen molar-refractivity contribution < 1.29 is 19.1 Å². The molecule has 0 radical (unpaired) electrons. The predicted molar refractivity (Wildman–Crippen MR) is 103 cm³/mol. The number of nitrogens with zero attached hydrogens (tertiary/aromatic N) is 2. The fourth-order valence-corrected chi connectivity index (χ4v) is 4.70. The van der Waals surface area contributed by atoms with E-state index in [-0.39, 0.29) is 30.2 Å². The van der Waals surface area contributed by atoms with Crippen molar-refractivity contribution in [3.63, 3.8) is 0 Å². The zero-order chi connectivity index (χ0) is 18.6. The molecule has 1 aliphatic rings. The molecule has 0 aromatic carbocycles. The van der Waals surface area contributed by atoms with E-state index in [4.69, 9.17) is 4.74 Å². The lowest BCUT2D eigenvalue weighted by atomic mass is 9.98. The molecule has 1 fully saturated rings. The number of piperidine rings is 1. The second kappa shape index (κ2) is 9.14. The molecule has 0 aliphatic carbocycles. The van der Waals surface area contributed by atoms with Gasteiger partial charge in [0.1, 0.15) is 0 Å². The van der Waals surface area contributed by atoms with E-state index >= 15 is 0 Å². The first-order valence-corrected chi connectivity index (χ1v) is 10.4. The summed E-state index contributed by atoms with van der Waals surface area (Å²) in [6.07, 6.45) is 1.49. The molecule has 0 spiro atoms. The van der Waals surface area contributed by atoms with E-state index in [1.807, 2.05) is 0 Å². The summed E-state index contributed by atoms with van der Waals surface area (Å²) < 4.78 is 6.70. The Morgan fingerprint density at radius 1 is 1.40 bits per heavy atom. The topological polar surface area (TPSA) is 66.9 Å². The Labute approximate surface area is 167 Å². The molecule has 1 aliphatic heterocycles. The van der Waals surface area contributed by atoms with Crippen molar-refractivity contribution in [2.24, 2.45) is 5.92 Å². The van der Waals surface area contributed by atoms with E-state index in [1.54, 1.807) is 24.9 Å². The zero-order valence-corrected chi connectivity index (χ0v) is 18.1. The van der Waals surface area contributed by atoms with Crippen LogP contribution in [0.5, 0.6) is 0 Å². The maximum absolute atomic E-state index is 12.5. The molecule has 1 aromatic heterocycles. The number of hydrogen-bond acceptors (Lipinski definition) is 5. The second-order valence-electron chi connectivity index (χ2n) is 5.82. The van der Waals surface area contributed by atoms with Crippen molar-refractivity contribution in [3.05, 3.63) is 19.2 Å². The molecule has 1 unspecified atom stereocenters. The average molecular weight is 496 g/mol. The van der Waals surface area contributed by atoms with Crippen LogP contribution in [-0.2, 0) is 14.3 Å². The summed E-state index contributed by atoms with van der Waals surface area (Å²) in [6.45, 7) is 3.06. The van der Waals surface area contributed by atoms with E-state index in [9.17, 15) is 14.4 Å². The molecule has 0 saturated carbocycles. The van der Waals surface area contributed by atoms with Crippen molar-refractivity contribution >= 4 is 61.0 Å². The van der Waals surface area contributed by atoms with Crippen LogP contribution in [0.15, 0.2) is 14.3 Å². The van der Waals surface area contributed by atoms with Gasteiger partial charge in [0.05, 0.1) is 27.7 Å². The monoisotopic (exact) mass is 494 g/mol. The smallest absolute Gasteiger partial charge is 0.310 e. The summed E-state index contributed by atoms with van der Waals surface area (Å²) in [5.41, 5.74) is 0. The van der Waals surface area contributed by atoms with Gasteiger partial charge in [0.2, 0.25) is 5.91 Å². The van der Waals surface area contributed by atoms with E-state index in [2.05, 4.69) is 31.9 Å². The Bertz CT molecular complexity index is 645. The van der Waals surface area contributed by atoms with Crippen molar-refractivity contribution in [2.45, 2.75) is 19.8 Å². The maximum Gasteiger partial charge on any atom is 0.310 e. The number of carbonyl (C=O) groups is 3. The molecule has 1 aromatic rings. The Morgan fingerprint density at radius 2 is 2.12 bits per heavy atom. The highest BCUT2D eigenvalue weighted by atomic mass is 79.9. The highest BCUT2D eigenvalue weighted by molar-refractivity contribution is 9.13. The number of hydrogen-bond donors (Lipinski definition) is 0. The molecular weight excluding hydrogens is 476 g/mol. The SMILES string of the molecule is CCOC(=O)C1CCCN(C(=O)CN(C)C(=O)c2cc(Br)c(Br)s2)C1. The average Bonchev–Trinajstić information content (AvgIpc) is 2.93. The molecule has 6 nitrogen and oxygen atoms in total. The standard InChI is InChI=1S/C16H20Br2N2O4S/c1-3-24-16(23)10-5-4-6-20(8-10)13(21)9-19(2)15(22)12-7-11(17)14(18)25-12/h7,10H,3-6,8-9H2,1-2H3. The predicted octanol–water partition coefficient (Wildman–Crippen LogP) is 3.15. The number of likely N-dealkylation sites (N-methyl/N-ethyl adjacent to an activating group) is 1. The number of ether oxygens (including phenoxy) is 1. The van der Waals surface area contributed by atoms with Crippen LogP contribution in [0.4, 0.5) is 0 Å². The fraction of sp³-hybridized carbons (Fsp3) is 0.562. The lowest BCUT2D eigenvalue weighted by Crippen LogP contribution is -2.47. The highest BCUT2D eigenvalue weighted by Gasteiger charge is 2.30. The number of likely N-dealkylation sites (tertiary alicyclic amines) is 1. The van der Waals surface area contributed by atoms with Gasteiger partial charge in [-0.2, -0.15) is 0 Å². The van der Waals surface area contributed by atoms with Gasteiger partial charge in [0.15, 0.2) is 0 Å². The second-order valence-corrected chi connectivity index (χ2v) is 9.05. The molecule has 1 atom stereocenters. The number of rotatable bonds is 5. The zero-order valence-electron chi connectivity index (χ0n) is 14.1. The number of esters is 1.